The van der Waals surface area contributed by atoms with Crippen molar-refractivity contribution in [3.8, 4) is 0 Å². The Balaban J connectivity index is 2.16. The van der Waals surface area contributed by atoms with Crippen molar-refractivity contribution < 1.29 is 0 Å². The first-order chi connectivity index (χ1) is 7.34. The van der Waals surface area contributed by atoms with Crippen molar-refractivity contribution in [3.63, 3.8) is 0 Å². The molecule has 0 amide bonds. The summed E-state index contributed by atoms with van der Waals surface area (Å²) in [7, 11) is 0.103. The molecule has 84 valence electrons. The molecule has 0 aromatic heterocycles. The fourth-order valence-corrected chi connectivity index (χ4v) is 3.40. The van der Waals surface area contributed by atoms with Gasteiger partial charge in [-0.2, -0.15) is 0 Å². The van der Waals surface area contributed by atoms with Crippen LogP contribution in [0, 0.1) is 0 Å². The highest BCUT2D eigenvalue weighted by atomic mass is 31.1. The first-order valence-corrected chi connectivity index (χ1v) is 8.08. The summed E-state index contributed by atoms with van der Waals surface area (Å²) in [5.41, 5.74) is 0. The molecule has 15 heavy (non-hydrogen) atoms. The maximum atomic E-state index is 2.41. The number of rotatable bonds is 7. The molecule has 0 radical (unpaired) electrons. The molecule has 0 saturated carbocycles. The van der Waals surface area contributed by atoms with E-state index in [4.69, 9.17) is 0 Å². The monoisotopic (exact) mass is 222 g/mol. The van der Waals surface area contributed by atoms with E-state index in [9.17, 15) is 0 Å². The standard InChI is InChI=1S/C14H23P/c1-3-4-5-6-10-13-15(2)14-11-8-7-9-12-14/h7-9,11-12H,3-6,10,13H2,1-2H3. The molecule has 1 heteroatoms. The van der Waals surface area contributed by atoms with Crippen LogP contribution in [0.3, 0.4) is 0 Å². The van der Waals surface area contributed by atoms with Crippen molar-refractivity contribution >= 4 is 13.2 Å². The van der Waals surface area contributed by atoms with E-state index in [1.54, 1.807) is 5.30 Å². The molecule has 0 spiro atoms. The molecule has 0 fully saturated rings. The summed E-state index contributed by atoms with van der Waals surface area (Å²) in [6, 6.07) is 11.0. The fourth-order valence-electron chi connectivity index (χ4n) is 1.76. The van der Waals surface area contributed by atoms with E-state index in [-0.39, 0.29) is 7.92 Å². The van der Waals surface area contributed by atoms with E-state index in [2.05, 4.69) is 43.9 Å². The van der Waals surface area contributed by atoms with Crippen LogP contribution in [0.5, 0.6) is 0 Å². The Morgan fingerprint density at radius 2 is 1.60 bits per heavy atom. The van der Waals surface area contributed by atoms with Gasteiger partial charge in [0, 0.05) is 0 Å². The molecule has 1 atom stereocenters. The molecule has 1 aromatic carbocycles. The van der Waals surface area contributed by atoms with Crippen LogP contribution in [0.4, 0.5) is 0 Å². The zero-order valence-corrected chi connectivity index (χ0v) is 11.0. The summed E-state index contributed by atoms with van der Waals surface area (Å²) >= 11 is 0. The van der Waals surface area contributed by atoms with Gasteiger partial charge in [-0.25, -0.2) is 0 Å². The van der Waals surface area contributed by atoms with Gasteiger partial charge in [0.15, 0.2) is 0 Å². The number of hydrogen-bond donors (Lipinski definition) is 0. The molecular formula is C14H23P. The zero-order valence-electron chi connectivity index (χ0n) is 10.1. The topological polar surface area (TPSA) is 0 Å². The number of hydrogen-bond acceptors (Lipinski definition) is 0. The third kappa shape index (κ3) is 5.33. The van der Waals surface area contributed by atoms with E-state index in [0.717, 1.165) is 0 Å². The smallest absolute Gasteiger partial charge is 0.0243 e. The summed E-state index contributed by atoms with van der Waals surface area (Å²) in [5, 5.41) is 1.56. The maximum Gasteiger partial charge on any atom is -0.0243 e. The Bertz CT molecular complexity index is 243. The minimum Gasteiger partial charge on any atom is -0.0785 e. The van der Waals surface area contributed by atoms with Gasteiger partial charge in [-0.05, 0) is 24.6 Å². The van der Waals surface area contributed by atoms with Crippen LogP contribution in [-0.2, 0) is 0 Å². The van der Waals surface area contributed by atoms with Crippen LogP contribution >= 0.6 is 7.92 Å². The van der Waals surface area contributed by atoms with Crippen molar-refractivity contribution in [2.45, 2.75) is 39.0 Å². The van der Waals surface area contributed by atoms with Gasteiger partial charge >= 0.3 is 0 Å². The summed E-state index contributed by atoms with van der Waals surface area (Å²) in [6.07, 6.45) is 8.43. The third-order valence-electron chi connectivity index (χ3n) is 2.79. The van der Waals surface area contributed by atoms with E-state index in [1.807, 2.05) is 0 Å². The second-order valence-electron chi connectivity index (χ2n) is 4.17. The van der Waals surface area contributed by atoms with E-state index < -0.39 is 0 Å². The maximum absolute atomic E-state index is 2.41. The molecule has 0 aliphatic heterocycles. The normalized spacial score (nSPS) is 12.7. The van der Waals surface area contributed by atoms with Crippen molar-refractivity contribution in [1.29, 1.82) is 0 Å². The molecule has 1 rings (SSSR count). The molecule has 0 N–H and O–H groups in total. The predicted molar refractivity (Wildman–Crippen MR) is 72.5 cm³/mol. The molecular weight excluding hydrogens is 199 g/mol. The summed E-state index contributed by atoms with van der Waals surface area (Å²) < 4.78 is 0. The van der Waals surface area contributed by atoms with Crippen LogP contribution in [0.15, 0.2) is 30.3 Å². The zero-order chi connectivity index (χ0) is 10.9. The second kappa shape index (κ2) is 7.88. The SMILES string of the molecule is CCCCCCCP(C)c1ccccc1. The molecule has 1 aromatic rings. The second-order valence-corrected chi connectivity index (χ2v) is 6.53. The molecule has 0 aliphatic carbocycles. The summed E-state index contributed by atoms with van der Waals surface area (Å²) in [4.78, 5) is 0. The van der Waals surface area contributed by atoms with E-state index in [0.29, 0.717) is 0 Å². The lowest BCUT2D eigenvalue weighted by molar-refractivity contribution is 0.658. The van der Waals surface area contributed by atoms with Gasteiger partial charge in [0.25, 0.3) is 0 Å². The Morgan fingerprint density at radius 3 is 2.27 bits per heavy atom. The minimum atomic E-state index is 0.103. The highest BCUT2D eigenvalue weighted by Gasteiger charge is 2.02. The third-order valence-corrected chi connectivity index (χ3v) is 4.96. The van der Waals surface area contributed by atoms with Crippen molar-refractivity contribution in [2.24, 2.45) is 0 Å². The largest absolute Gasteiger partial charge is 0.0785 e. The lowest BCUT2D eigenvalue weighted by Gasteiger charge is -2.11. The van der Waals surface area contributed by atoms with Gasteiger partial charge in [-0.1, -0.05) is 70.9 Å². The summed E-state index contributed by atoms with van der Waals surface area (Å²) in [5.74, 6) is 0. The Hall–Kier alpha value is -0.350. The lowest BCUT2D eigenvalue weighted by atomic mass is 10.2. The van der Waals surface area contributed by atoms with Gasteiger partial charge in [-0.3, -0.25) is 0 Å². The van der Waals surface area contributed by atoms with Crippen LogP contribution in [-0.4, -0.2) is 12.8 Å². The van der Waals surface area contributed by atoms with Crippen LogP contribution in [0.1, 0.15) is 39.0 Å². The first kappa shape index (κ1) is 12.7. The van der Waals surface area contributed by atoms with Gasteiger partial charge in [-0.15, -0.1) is 0 Å². The van der Waals surface area contributed by atoms with Crippen molar-refractivity contribution in [2.75, 3.05) is 12.8 Å². The summed E-state index contributed by atoms with van der Waals surface area (Å²) in [6.45, 7) is 4.68. The lowest BCUT2D eigenvalue weighted by Crippen LogP contribution is -2.01. The van der Waals surface area contributed by atoms with Crippen LogP contribution in [0.2, 0.25) is 0 Å². The molecule has 0 nitrogen and oxygen atoms in total. The average molecular weight is 222 g/mol. The number of unbranched alkanes of at least 4 members (excludes halogenated alkanes) is 4. The van der Waals surface area contributed by atoms with Crippen molar-refractivity contribution in [3.05, 3.63) is 30.3 Å². The molecule has 0 saturated heterocycles. The molecule has 1 unspecified atom stereocenters. The quantitative estimate of drug-likeness (QED) is 0.474. The minimum absolute atomic E-state index is 0.103. The Kier molecular flexibility index (Phi) is 6.68. The Morgan fingerprint density at radius 1 is 0.933 bits per heavy atom. The fraction of sp³-hybridized carbons (Fsp3) is 0.571. The predicted octanol–water partition coefficient (Wildman–Crippen LogP) is 4.39. The first-order valence-electron chi connectivity index (χ1n) is 6.10. The van der Waals surface area contributed by atoms with E-state index >= 15 is 0 Å². The van der Waals surface area contributed by atoms with Gasteiger partial charge in [0.1, 0.15) is 0 Å². The highest BCUT2D eigenvalue weighted by molar-refractivity contribution is 7.64. The van der Waals surface area contributed by atoms with Gasteiger partial charge in [0.05, 0.1) is 0 Å². The van der Waals surface area contributed by atoms with Crippen LogP contribution in [0.25, 0.3) is 0 Å². The molecule has 0 bridgehead atoms. The van der Waals surface area contributed by atoms with Crippen molar-refractivity contribution in [1.82, 2.24) is 0 Å². The molecule has 0 heterocycles. The molecule has 0 aliphatic rings. The average Bonchev–Trinajstić information content (AvgIpc) is 2.30. The van der Waals surface area contributed by atoms with Crippen LogP contribution < -0.4 is 5.30 Å². The van der Waals surface area contributed by atoms with E-state index in [1.165, 1.54) is 38.3 Å². The van der Waals surface area contributed by atoms with Gasteiger partial charge in [0.2, 0.25) is 0 Å². The Labute approximate surface area is 95.9 Å². The highest BCUT2D eigenvalue weighted by Crippen LogP contribution is 2.30. The van der Waals surface area contributed by atoms with Gasteiger partial charge < -0.3 is 0 Å². The number of benzene rings is 1.